The van der Waals surface area contributed by atoms with Crippen LogP contribution in [0.3, 0.4) is 0 Å². The summed E-state index contributed by atoms with van der Waals surface area (Å²) >= 11 is 0. The molecule has 2 aromatic rings. The van der Waals surface area contributed by atoms with Gasteiger partial charge in [0.15, 0.2) is 0 Å². The predicted molar refractivity (Wildman–Crippen MR) is 115 cm³/mol. The number of hydrogen-bond acceptors (Lipinski definition) is 4. The zero-order chi connectivity index (χ0) is 22.7. The van der Waals surface area contributed by atoms with Gasteiger partial charge in [-0.1, -0.05) is 51.1 Å². The van der Waals surface area contributed by atoms with E-state index >= 15 is 0 Å². The summed E-state index contributed by atoms with van der Waals surface area (Å²) in [6, 6.07) is 10.1. The van der Waals surface area contributed by atoms with Gasteiger partial charge in [0.2, 0.25) is 0 Å². The Morgan fingerprint density at radius 1 is 1.16 bits per heavy atom. The van der Waals surface area contributed by atoms with Crippen LogP contribution in [-0.4, -0.2) is 36.1 Å². The van der Waals surface area contributed by atoms with Crippen LogP contribution < -0.4 is 0 Å². The Balaban J connectivity index is 1.82. The smallest absolute Gasteiger partial charge is 0.283 e. The second-order valence-electron chi connectivity index (χ2n) is 8.96. The maximum absolute atomic E-state index is 13.7. The van der Waals surface area contributed by atoms with Gasteiger partial charge < -0.3 is 10.0 Å². The van der Waals surface area contributed by atoms with E-state index in [4.69, 9.17) is 0 Å². The van der Waals surface area contributed by atoms with Crippen LogP contribution in [0.15, 0.2) is 63.1 Å². The first-order chi connectivity index (χ1) is 14.4. The van der Waals surface area contributed by atoms with E-state index in [0.29, 0.717) is 16.7 Å². The highest BCUT2D eigenvalue weighted by molar-refractivity contribution is 7.90. The van der Waals surface area contributed by atoms with E-state index in [9.17, 15) is 22.7 Å². The first-order valence-corrected chi connectivity index (χ1v) is 11.3. The highest BCUT2D eigenvalue weighted by atomic mass is 32.2. The normalized spacial score (nSPS) is 20.3. The number of benzene rings is 2. The second kappa shape index (κ2) is 7.02. The summed E-state index contributed by atoms with van der Waals surface area (Å²) in [5.41, 5.74) is 0.765. The van der Waals surface area contributed by atoms with E-state index < -0.39 is 27.4 Å². The molecule has 1 N–H and O–H groups in total. The van der Waals surface area contributed by atoms with E-state index in [1.807, 2.05) is 20.8 Å². The van der Waals surface area contributed by atoms with Gasteiger partial charge in [-0.25, -0.2) is 4.39 Å². The van der Waals surface area contributed by atoms with E-state index in [-0.39, 0.29) is 34.3 Å². The standard InChI is InChI=1S/C23H23FN2O4S/c1-13-11-14(9-10-16(13)24)12-26-21(23(2,3)4)20(27)18(22(26)28)19-15-7-5-6-8-17(15)31(29,30)25-19/h5-11,21,27H,12H2,1-4H3. The van der Waals surface area contributed by atoms with Crippen molar-refractivity contribution < 1.29 is 22.7 Å². The molecule has 0 saturated heterocycles. The minimum Gasteiger partial charge on any atom is -0.509 e. The van der Waals surface area contributed by atoms with Gasteiger partial charge in [-0.2, -0.15) is 12.8 Å². The lowest BCUT2D eigenvalue weighted by atomic mass is 9.84. The van der Waals surface area contributed by atoms with Crippen LogP contribution >= 0.6 is 0 Å². The van der Waals surface area contributed by atoms with Crippen LogP contribution in [0.4, 0.5) is 4.39 Å². The van der Waals surface area contributed by atoms with Crippen molar-refractivity contribution in [3.05, 3.63) is 76.3 Å². The molecule has 1 unspecified atom stereocenters. The maximum Gasteiger partial charge on any atom is 0.283 e. The Morgan fingerprint density at radius 2 is 1.84 bits per heavy atom. The number of aliphatic hydroxyl groups is 1. The Morgan fingerprint density at radius 3 is 2.48 bits per heavy atom. The lowest BCUT2D eigenvalue weighted by molar-refractivity contribution is -0.129. The van der Waals surface area contributed by atoms with Crippen LogP contribution in [0.5, 0.6) is 0 Å². The van der Waals surface area contributed by atoms with Crippen LogP contribution in [0.25, 0.3) is 0 Å². The molecule has 0 aromatic heterocycles. The predicted octanol–water partition coefficient (Wildman–Crippen LogP) is 3.89. The number of amides is 1. The van der Waals surface area contributed by atoms with Crippen LogP contribution in [0, 0.1) is 18.2 Å². The number of carbonyl (C=O) groups is 1. The van der Waals surface area contributed by atoms with Crippen molar-refractivity contribution in [2.75, 3.05) is 0 Å². The van der Waals surface area contributed by atoms with Gasteiger partial charge in [0, 0.05) is 12.1 Å². The molecule has 1 amide bonds. The van der Waals surface area contributed by atoms with Crippen molar-refractivity contribution in [3.63, 3.8) is 0 Å². The van der Waals surface area contributed by atoms with Crippen molar-refractivity contribution in [2.24, 2.45) is 9.81 Å². The fourth-order valence-corrected chi connectivity index (χ4v) is 5.43. The van der Waals surface area contributed by atoms with Gasteiger partial charge in [0.05, 0.1) is 10.9 Å². The van der Waals surface area contributed by atoms with Crippen molar-refractivity contribution in [3.8, 4) is 0 Å². The average Bonchev–Trinajstić information content (AvgIpc) is 3.08. The lowest BCUT2D eigenvalue weighted by Crippen LogP contribution is -2.43. The molecule has 0 radical (unpaired) electrons. The van der Waals surface area contributed by atoms with Gasteiger partial charge in [-0.05, 0) is 35.6 Å². The molecule has 2 aliphatic heterocycles. The van der Waals surface area contributed by atoms with E-state index in [0.717, 1.165) is 0 Å². The molecule has 162 valence electrons. The number of halogens is 1. The SMILES string of the molecule is Cc1cc(CN2C(=O)C(C3=NS(=O)(=O)c4ccccc43)=C(O)C2C(C)(C)C)ccc1F. The molecule has 0 bridgehead atoms. The zero-order valence-corrected chi connectivity index (χ0v) is 18.5. The number of fused-ring (bicyclic) bond motifs is 1. The Labute approximate surface area is 180 Å². The zero-order valence-electron chi connectivity index (χ0n) is 17.7. The van der Waals surface area contributed by atoms with Gasteiger partial charge in [0.1, 0.15) is 22.9 Å². The van der Waals surface area contributed by atoms with Crippen LogP contribution in [-0.2, 0) is 21.4 Å². The molecule has 1 atom stereocenters. The van der Waals surface area contributed by atoms with E-state index in [1.54, 1.807) is 37.3 Å². The third-order valence-corrected chi connectivity index (χ3v) is 6.90. The number of rotatable bonds is 3. The number of carbonyl (C=O) groups excluding carboxylic acids is 1. The molecule has 31 heavy (non-hydrogen) atoms. The third-order valence-electron chi connectivity index (χ3n) is 5.57. The lowest BCUT2D eigenvalue weighted by Gasteiger charge is -2.35. The highest BCUT2D eigenvalue weighted by Gasteiger charge is 2.48. The molecule has 0 saturated carbocycles. The average molecular weight is 443 g/mol. The summed E-state index contributed by atoms with van der Waals surface area (Å²) in [4.78, 5) is 15.0. The monoisotopic (exact) mass is 442 g/mol. The number of sulfonamides is 1. The summed E-state index contributed by atoms with van der Waals surface area (Å²) in [7, 11) is -3.95. The van der Waals surface area contributed by atoms with Crippen molar-refractivity contribution in [1.29, 1.82) is 0 Å². The minimum atomic E-state index is -3.95. The van der Waals surface area contributed by atoms with Crippen molar-refractivity contribution in [1.82, 2.24) is 4.90 Å². The van der Waals surface area contributed by atoms with Crippen LogP contribution in [0.1, 0.15) is 37.5 Å². The molecule has 6 nitrogen and oxygen atoms in total. The Bertz CT molecular complexity index is 1270. The van der Waals surface area contributed by atoms with E-state index in [2.05, 4.69) is 4.40 Å². The minimum absolute atomic E-state index is 0.0121. The molecule has 0 aliphatic carbocycles. The Kier molecular flexibility index (Phi) is 4.81. The van der Waals surface area contributed by atoms with Crippen molar-refractivity contribution in [2.45, 2.75) is 45.2 Å². The summed E-state index contributed by atoms with van der Waals surface area (Å²) in [5.74, 6) is -1.06. The quantitative estimate of drug-likeness (QED) is 0.781. The number of aliphatic hydroxyl groups excluding tert-OH is 1. The van der Waals surface area contributed by atoms with E-state index in [1.165, 1.54) is 17.0 Å². The molecule has 8 heteroatoms. The fraction of sp³-hybridized carbons (Fsp3) is 0.304. The molecular weight excluding hydrogens is 419 g/mol. The number of aryl methyl sites for hydroxylation is 1. The van der Waals surface area contributed by atoms with Gasteiger partial charge >= 0.3 is 0 Å². The largest absolute Gasteiger partial charge is 0.509 e. The maximum atomic E-state index is 13.7. The van der Waals surface area contributed by atoms with Gasteiger partial charge in [-0.3, -0.25) is 4.79 Å². The molecule has 4 rings (SSSR count). The number of nitrogens with zero attached hydrogens (tertiary/aromatic N) is 2. The van der Waals surface area contributed by atoms with Crippen LogP contribution in [0.2, 0.25) is 0 Å². The molecule has 2 aromatic carbocycles. The third kappa shape index (κ3) is 3.44. The summed E-state index contributed by atoms with van der Waals surface area (Å²) in [6.07, 6.45) is 0. The van der Waals surface area contributed by atoms with Gasteiger partial charge in [-0.15, -0.1) is 0 Å². The van der Waals surface area contributed by atoms with Crippen molar-refractivity contribution >= 4 is 21.6 Å². The molecule has 2 aliphatic rings. The molecule has 0 fully saturated rings. The topological polar surface area (TPSA) is 87.0 Å². The second-order valence-corrected chi connectivity index (χ2v) is 10.5. The Hall–Kier alpha value is -3.00. The highest BCUT2D eigenvalue weighted by Crippen LogP contribution is 2.40. The molecule has 2 heterocycles. The molecule has 0 spiro atoms. The summed E-state index contributed by atoms with van der Waals surface area (Å²) in [5, 5.41) is 11.1. The van der Waals surface area contributed by atoms with Gasteiger partial charge in [0.25, 0.3) is 15.9 Å². The summed E-state index contributed by atoms with van der Waals surface area (Å²) < 4.78 is 42.5. The number of hydrogen-bond donors (Lipinski definition) is 1. The first-order valence-electron chi connectivity index (χ1n) is 9.85. The molecular formula is C23H23FN2O4S. The first kappa shape index (κ1) is 21.2. The summed E-state index contributed by atoms with van der Waals surface area (Å²) in [6.45, 7) is 7.43. The fourth-order valence-electron chi connectivity index (χ4n) is 4.21.